The standard InChI is InChI=1S/C7H7N5O3/c1-4-8-10-6(15-4)3-12-2-5(7(13)14)9-11-12/h2H,3H2,1H3,(H,13,14). The fraction of sp³-hybridized carbons (Fsp3) is 0.286. The highest BCUT2D eigenvalue weighted by Gasteiger charge is 2.10. The third-order valence-corrected chi connectivity index (χ3v) is 1.62. The van der Waals surface area contributed by atoms with Gasteiger partial charge in [-0.25, -0.2) is 9.48 Å². The summed E-state index contributed by atoms with van der Waals surface area (Å²) in [6.45, 7) is 1.88. The smallest absolute Gasteiger partial charge is 0.358 e. The summed E-state index contributed by atoms with van der Waals surface area (Å²) < 4.78 is 6.41. The highest BCUT2D eigenvalue weighted by molar-refractivity contribution is 5.84. The molecule has 78 valence electrons. The molecule has 0 bridgehead atoms. The Bertz CT molecular complexity index is 488. The SMILES string of the molecule is Cc1nnc(Cn2cc(C(=O)O)nn2)o1. The van der Waals surface area contributed by atoms with Gasteiger partial charge in [0.25, 0.3) is 0 Å². The van der Waals surface area contributed by atoms with E-state index in [4.69, 9.17) is 9.52 Å². The van der Waals surface area contributed by atoms with Gasteiger partial charge >= 0.3 is 5.97 Å². The Hall–Kier alpha value is -2.25. The molecule has 2 rings (SSSR count). The average molecular weight is 209 g/mol. The van der Waals surface area contributed by atoms with Crippen LogP contribution in [0.2, 0.25) is 0 Å². The zero-order valence-electron chi connectivity index (χ0n) is 7.78. The molecule has 1 N–H and O–H groups in total. The van der Waals surface area contributed by atoms with Gasteiger partial charge < -0.3 is 9.52 Å². The lowest BCUT2D eigenvalue weighted by Crippen LogP contribution is -2.00. The zero-order valence-corrected chi connectivity index (χ0v) is 7.78. The molecule has 0 atom stereocenters. The molecule has 2 aromatic rings. The fourth-order valence-electron chi connectivity index (χ4n) is 1.01. The largest absolute Gasteiger partial charge is 0.476 e. The maximum absolute atomic E-state index is 10.5. The molecule has 8 heteroatoms. The molecule has 0 fully saturated rings. The van der Waals surface area contributed by atoms with Crippen molar-refractivity contribution in [3.63, 3.8) is 0 Å². The normalized spacial score (nSPS) is 10.5. The molecule has 15 heavy (non-hydrogen) atoms. The van der Waals surface area contributed by atoms with E-state index in [0.717, 1.165) is 0 Å². The van der Waals surface area contributed by atoms with Crippen LogP contribution < -0.4 is 0 Å². The Kier molecular flexibility index (Phi) is 2.16. The molecule has 0 spiro atoms. The molecule has 0 amide bonds. The van der Waals surface area contributed by atoms with Gasteiger partial charge in [-0.2, -0.15) is 0 Å². The van der Waals surface area contributed by atoms with E-state index < -0.39 is 5.97 Å². The average Bonchev–Trinajstić information content (AvgIpc) is 2.76. The number of carboxylic acid groups (broad SMARTS) is 1. The Morgan fingerprint density at radius 2 is 2.33 bits per heavy atom. The Balaban J connectivity index is 2.14. The lowest BCUT2D eigenvalue weighted by molar-refractivity contribution is 0.0690. The molecule has 0 aliphatic heterocycles. The maximum atomic E-state index is 10.5. The first-order valence-electron chi connectivity index (χ1n) is 4.07. The summed E-state index contributed by atoms with van der Waals surface area (Å²) >= 11 is 0. The van der Waals surface area contributed by atoms with Crippen LogP contribution in [-0.2, 0) is 6.54 Å². The molecular formula is C7H7N5O3. The summed E-state index contributed by atoms with van der Waals surface area (Å²) in [6, 6.07) is 0. The number of hydrogen-bond acceptors (Lipinski definition) is 6. The van der Waals surface area contributed by atoms with Crippen LogP contribution in [0, 0.1) is 6.92 Å². The van der Waals surface area contributed by atoms with Crippen LogP contribution in [0.4, 0.5) is 0 Å². The monoisotopic (exact) mass is 209 g/mol. The Morgan fingerprint density at radius 1 is 1.53 bits per heavy atom. The first kappa shape index (κ1) is 9.31. The van der Waals surface area contributed by atoms with Gasteiger partial charge in [0.1, 0.15) is 6.54 Å². The van der Waals surface area contributed by atoms with Crippen molar-refractivity contribution in [2.75, 3.05) is 0 Å². The molecule has 0 saturated carbocycles. The van der Waals surface area contributed by atoms with Gasteiger partial charge in [-0.1, -0.05) is 5.21 Å². The van der Waals surface area contributed by atoms with E-state index in [-0.39, 0.29) is 12.2 Å². The number of aryl methyl sites for hydroxylation is 1. The summed E-state index contributed by atoms with van der Waals surface area (Å²) in [5, 5.41) is 23.0. The van der Waals surface area contributed by atoms with Crippen LogP contribution in [-0.4, -0.2) is 36.3 Å². The van der Waals surface area contributed by atoms with E-state index in [1.54, 1.807) is 6.92 Å². The minimum absolute atomic E-state index is 0.119. The van der Waals surface area contributed by atoms with E-state index >= 15 is 0 Å². The summed E-state index contributed by atoms with van der Waals surface area (Å²) in [5.41, 5.74) is -0.119. The van der Waals surface area contributed by atoms with Crippen molar-refractivity contribution < 1.29 is 14.3 Å². The second kappa shape index (κ2) is 3.48. The third kappa shape index (κ3) is 1.98. The number of carbonyl (C=O) groups is 1. The third-order valence-electron chi connectivity index (χ3n) is 1.62. The minimum atomic E-state index is -1.12. The Labute approximate surface area is 83.5 Å². The summed E-state index contributed by atoms with van der Waals surface area (Å²) in [5.74, 6) is -0.319. The number of carboxylic acids is 1. The molecule has 0 unspecified atom stereocenters. The molecule has 0 aliphatic carbocycles. The lowest BCUT2D eigenvalue weighted by Gasteiger charge is -1.91. The van der Waals surface area contributed by atoms with Crippen molar-refractivity contribution in [2.45, 2.75) is 13.5 Å². The fourth-order valence-corrected chi connectivity index (χ4v) is 1.01. The van der Waals surface area contributed by atoms with Crippen LogP contribution >= 0.6 is 0 Å². The van der Waals surface area contributed by atoms with Gasteiger partial charge in [0.2, 0.25) is 11.8 Å². The first-order chi connectivity index (χ1) is 7.15. The van der Waals surface area contributed by atoms with Crippen molar-refractivity contribution in [3.05, 3.63) is 23.7 Å². The zero-order chi connectivity index (χ0) is 10.8. The molecule has 0 aromatic carbocycles. The predicted octanol–water partition coefficient (Wildman–Crippen LogP) is -0.284. The number of hydrogen-bond donors (Lipinski definition) is 1. The minimum Gasteiger partial charge on any atom is -0.476 e. The van der Waals surface area contributed by atoms with Gasteiger partial charge in [0.05, 0.1) is 6.20 Å². The van der Waals surface area contributed by atoms with Crippen molar-refractivity contribution >= 4 is 5.97 Å². The van der Waals surface area contributed by atoms with Crippen molar-refractivity contribution in [2.24, 2.45) is 0 Å². The first-order valence-corrected chi connectivity index (χ1v) is 4.07. The molecule has 0 radical (unpaired) electrons. The highest BCUT2D eigenvalue weighted by Crippen LogP contribution is 2.01. The number of nitrogens with zero attached hydrogens (tertiary/aromatic N) is 5. The van der Waals surface area contributed by atoms with Crippen LogP contribution in [0.5, 0.6) is 0 Å². The van der Waals surface area contributed by atoms with E-state index in [9.17, 15) is 4.79 Å². The topological polar surface area (TPSA) is 107 Å². The van der Waals surface area contributed by atoms with E-state index in [0.29, 0.717) is 11.8 Å². The van der Waals surface area contributed by atoms with Crippen molar-refractivity contribution in [1.29, 1.82) is 0 Å². The molecular weight excluding hydrogens is 202 g/mol. The summed E-state index contributed by atoms with van der Waals surface area (Å²) in [6.07, 6.45) is 1.29. The van der Waals surface area contributed by atoms with Gasteiger partial charge in [-0.05, 0) is 0 Å². The molecule has 2 heterocycles. The number of rotatable bonds is 3. The number of aromatic carboxylic acids is 1. The van der Waals surface area contributed by atoms with E-state index in [1.807, 2.05) is 0 Å². The highest BCUT2D eigenvalue weighted by atomic mass is 16.4. The van der Waals surface area contributed by atoms with E-state index in [1.165, 1.54) is 10.9 Å². The molecule has 0 aliphatic rings. The summed E-state index contributed by atoms with van der Waals surface area (Å²) in [4.78, 5) is 10.5. The second-order valence-electron chi connectivity index (χ2n) is 2.82. The molecule has 0 saturated heterocycles. The van der Waals surface area contributed by atoms with Gasteiger partial charge in [0.15, 0.2) is 5.69 Å². The molecule has 2 aromatic heterocycles. The van der Waals surface area contributed by atoms with Gasteiger partial charge in [-0.3, -0.25) is 0 Å². The van der Waals surface area contributed by atoms with Crippen molar-refractivity contribution in [3.8, 4) is 0 Å². The lowest BCUT2D eigenvalue weighted by atomic mass is 10.5. The molecule has 8 nitrogen and oxygen atoms in total. The maximum Gasteiger partial charge on any atom is 0.358 e. The summed E-state index contributed by atoms with van der Waals surface area (Å²) in [7, 11) is 0. The van der Waals surface area contributed by atoms with Crippen LogP contribution in [0.1, 0.15) is 22.3 Å². The van der Waals surface area contributed by atoms with Crippen LogP contribution in [0.25, 0.3) is 0 Å². The van der Waals surface area contributed by atoms with E-state index in [2.05, 4.69) is 20.5 Å². The quantitative estimate of drug-likeness (QED) is 0.740. The van der Waals surface area contributed by atoms with Gasteiger partial charge in [-0.15, -0.1) is 15.3 Å². The van der Waals surface area contributed by atoms with Crippen molar-refractivity contribution in [1.82, 2.24) is 25.2 Å². The van der Waals surface area contributed by atoms with Crippen LogP contribution in [0.15, 0.2) is 10.6 Å². The van der Waals surface area contributed by atoms with Gasteiger partial charge in [0, 0.05) is 6.92 Å². The Morgan fingerprint density at radius 3 is 2.87 bits per heavy atom. The predicted molar refractivity (Wildman–Crippen MR) is 45.1 cm³/mol. The second-order valence-corrected chi connectivity index (χ2v) is 2.82. The number of aromatic nitrogens is 5. The van der Waals surface area contributed by atoms with Crippen LogP contribution in [0.3, 0.4) is 0 Å².